The summed E-state index contributed by atoms with van der Waals surface area (Å²) in [5.41, 5.74) is 9.48. The van der Waals surface area contributed by atoms with Gasteiger partial charge < -0.3 is 10.6 Å². The molecule has 2 heterocycles. The number of likely N-dealkylation sites (N-methyl/N-ethyl adjacent to an activating group) is 1. The zero-order chi connectivity index (χ0) is 18.7. The molecule has 6 heteroatoms. The highest BCUT2D eigenvalue weighted by atomic mass is 16.7. The first-order valence-corrected chi connectivity index (χ1v) is 9.32. The van der Waals surface area contributed by atoms with E-state index in [1.807, 2.05) is 13.1 Å². The lowest BCUT2D eigenvalue weighted by atomic mass is 10.1. The highest BCUT2D eigenvalue weighted by molar-refractivity contribution is 5.99. The summed E-state index contributed by atoms with van der Waals surface area (Å²) >= 11 is 0. The second-order valence-corrected chi connectivity index (χ2v) is 6.82. The maximum Gasteiger partial charge on any atom is 0.246 e. The number of hydroxylamine groups is 2. The van der Waals surface area contributed by atoms with Crippen molar-refractivity contribution in [2.24, 2.45) is 5.73 Å². The van der Waals surface area contributed by atoms with Crippen molar-refractivity contribution in [2.45, 2.75) is 39.2 Å². The van der Waals surface area contributed by atoms with Crippen molar-refractivity contribution in [1.29, 1.82) is 0 Å². The smallest absolute Gasteiger partial charge is 0.246 e. The molecule has 2 aromatic rings. The minimum absolute atomic E-state index is 0.0445. The Hall–Kier alpha value is -2.02. The summed E-state index contributed by atoms with van der Waals surface area (Å²) in [7, 11) is 1.83. The van der Waals surface area contributed by atoms with Crippen LogP contribution in [0, 0.1) is 6.92 Å². The van der Waals surface area contributed by atoms with E-state index in [4.69, 9.17) is 15.6 Å². The molecule has 1 fully saturated rings. The van der Waals surface area contributed by atoms with Crippen molar-refractivity contribution in [1.82, 2.24) is 10.0 Å². The Labute approximate surface area is 154 Å². The molecule has 0 aliphatic carbocycles. The number of amides is 1. The van der Waals surface area contributed by atoms with E-state index in [-0.39, 0.29) is 11.9 Å². The van der Waals surface area contributed by atoms with Gasteiger partial charge in [0.2, 0.25) is 5.91 Å². The lowest BCUT2D eigenvalue weighted by Crippen LogP contribution is -2.45. The molecule has 140 valence electrons. The van der Waals surface area contributed by atoms with Crippen LogP contribution < -0.4 is 10.6 Å². The Morgan fingerprint density at radius 1 is 1.42 bits per heavy atom. The molecule has 0 radical (unpaired) electrons. The van der Waals surface area contributed by atoms with Crippen LogP contribution in [0.25, 0.3) is 10.9 Å². The first-order valence-electron chi connectivity index (χ1n) is 9.32. The van der Waals surface area contributed by atoms with Gasteiger partial charge >= 0.3 is 0 Å². The molecule has 0 saturated carbocycles. The second kappa shape index (κ2) is 8.12. The number of hydrogen-bond acceptors (Lipinski definition) is 5. The molecule has 1 amide bonds. The number of anilines is 1. The van der Waals surface area contributed by atoms with Crippen LogP contribution in [-0.2, 0) is 16.1 Å². The molecule has 1 unspecified atom stereocenters. The van der Waals surface area contributed by atoms with Crippen LogP contribution in [0.15, 0.2) is 24.3 Å². The minimum Gasteiger partial charge on any atom is -0.328 e. The van der Waals surface area contributed by atoms with Crippen LogP contribution in [0.1, 0.15) is 31.0 Å². The van der Waals surface area contributed by atoms with E-state index in [1.165, 1.54) is 5.56 Å². The van der Waals surface area contributed by atoms with Gasteiger partial charge in [-0.05, 0) is 44.4 Å². The Morgan fingerprint density at radius 3 is 2.96 bits per heavy atom. The number of rotatable bonds is 6. The van der Waals surface area contributed by atoms with E-state index >= 15 is 0 Å². The van der Waals surface area contributed by atoms with Gasteiger partial charge in [0.05, 0.1) is 23.5 Å². The predicted octanol–water partition coefficient (Wildman–Crippen LogP) is 2.42. The van der Waals surface area contributed by atoms with Gasteiger partial charge in [0.25, 0.3) is 0 Å². The van der Waals surface area contributed by atoms with E-state index in [0.29, 0.717) is 13.2 Å². The zero-order valence-corrected chi connectivity index (χ0v) is 15.9. The van der Waals surface area contributed by atoms with E-state index < -0.39 is 0 Å². The van der Waals surface area contributed by atoms with E-state index in [2.05, 4.69) is 32.0 Å². The van der Waals surface area contributed by atoms with Crippen LogP contribution in [0.4, 0.5) is 5.69 Å². The summed E-state index contributed by atoms with van der Waals surface area (Å²) in [5, 5.41) is 2.84. The molecule has 1 aliphatic heterocycles. The first kappa shape index (κ1) is 18.8. The Bertz CT molecular complexity index is 793. The highest BCUT2D eigenvalue weighted by Crippen LogP contribution is 2.28. The van der Waals surface area contributed by atoms with Gasteiger partial charge in [-0.25, -0.2) is 0 Å². The van der Waals surface area contributed by atoms with Crippen LogP contribution in [0.5, 0.6) is 0 Å². The molecule has 1 aromatic heterocycles. The van der Waals surface area contributed by atoms with Crippen LogP contribution in [0.2, 0.25) is 0 Å². The Balaban J connectivity index is 1.90. The fourth-order valence-electron chi connectivity index (χ4n) is 3.53. The van der Waals surface area contributed by atoms with E-state index in [9.17, 15) is 4.79 Å². The van der Waals surface area contributed by atoms with Gasteiger partial charge in [-0.1, -0.05) is 18.6 Å². The van der Waals surface area contributed by atoms with Gasteiger partial charge in [-0.15, -0.1) is 0 Å². The number of carbonyl (C=O) groups is 1. The molecule has 0 bridgehead atoms. The van der Waals surface area contributed by atoms with Crippen molar-refractivity contribution in [3.8, 4) is 0 Å². The van der Waals surface area contributed by atoms with Gasteiger partial charge in [-0.3, -0.25) is 14.6 Å². The number of aromatic nitrogens is 1. The predicted molar refractivity (Wildman–Crippen MR) is 104 cm³/mol. The average Bonchev–Trinajstić information content (AvgIpc) is 3.12. The lowest BCUT2D eigenvalue weighted by Gasteiger charge is -2.28. The maximum absolute atomic E-state index is 13.1. The normalized spacial score (nSPS) is 17.8. The summed E-state index contributed by atoms with van der Waals surface area (Å²) in [6.45, 7) is 5.77. The molecule has 1 atom stereocenters. The fourth-order valence-corrected chi connectivity index (χ4v) is 3.53. The van der Waals surface area contributed by atoms with Crippen molar-refractivity contribution < 1.29 is 9.63 Å². The van der Waals surface area contributed by atoms with Gasteiger partial charge in [0, 0.05) is 25.5 Å². The third-order valence-electron chi connectivity index (χ3n) is 4.92. The number of fused-ring (bicyclic) bond motifs is 1. The largest absolute Gasteiger partial charge is 0.328 e. The standard InChI is InChI=1S/C20H28N4O2/c1-4-16-19(13-15-12-14(2)7-8-17(15)22-16)23(3)20(25)18-6-5-10-24(18)26-11-9-21/h7-8,12-13,18H,4-6,9-11,21H2,1-3H3. The third-order valence-corrected chi connectivity index (χ3v) is 4.92. The molecule has 3 rings (SSSR count). The molecule has 2 N–H and O–H groups in total. The number of nitrogens with two attached hydrogens (primary N) is 1. The quantitative estimate of drug-likeness (QED) is 0.861. The molecular formula is C20H28N4O2. The fraction of sp³-hybridized carbons (Fsp3) is 0.500. The molecule has 1 saturated heterocycles. The second-order valence-electron chi connectivity index (χ2n) is 6.82. The number of hydrogen-bond donors (Lipinski definition) is 1. The summed E-state index contributed by atoms with van der Waals surface area (Å²) in [6, 6.07) is 8.02. The van der Waals surface area contributed by atoms with E-state index in [1.54, 1.807) is 9.96 Å². The number of carbonyl (C=O) groups excluding carboxylic acids is 1. The van der Waals surface area contributed by atoms with Crippen LogP contribution >= 0.6 is 0 Å². The highest BCUT2D eigenvalue weighted by Gasteiger charge is 2.34. The summed E-state index contributed by atoms with van der Waals surface area (Å²) in [4.78, 5) is 25.3. The van der Waals surface area contributed by atoms with Crippen LogP contribution in [-0.4, -0.2) is 48.7 Å². The molecule has 0 spiro atoms. The van der Waals surface area contributed by atoms with Gasteiger partial charge in [0.1, 0.15) is 6.04 Å². The van der Waals surface area contributed by atoms with Crippen molar-refractivity contribution >= 4 is 22.5 Å². The SMILES string of the molecule is CCc1nc2ccc(C)cc2cc1N(C)C(=O)C1CCCN1OCCN. The topological polar surface area (TPSA) is 71.7 Å². The number of aryl methyl sites for hydroxylation is 2. The first-order chi connectivity index (χ1) is 12.5. The maximum atomic E-state index is 13.1. The summed E-state index contributed by atoms with van der Waals surface area (Å²) in [6.07, 6.45) is 2.52. The van der Waals surface area contributed by atoms with E-state index in [0.717, 1.165) is 48.1 Å². The molecule has 26 heavy (non-hydrogen) atoms. The molecule has 1 aromatic carbocycles. The van der Waals surface area contributed by atoms with Gasteiger partial charge in [-0.2, -0.15) is 5.06 Å². The number of nitrogens with zero attached hydrogens (tertiary/aromatic N) is 3. The average molecular weight is 356 g/mol. The lowest BCUT2D eigenvalue weighted by molar-refractivity contribution is -0.173. The molecule has 1 aliphatic rings. The number of benzene rings is 1. The molecule has 6 nitrogen and oxygen atoms in total. The minimum atomic E-state index is -0.260. The molecular weight excluding hydrogens is 328 g/mol. The Morgan fingerprint density at radius 2 is 2.23 bits per heavy atom. The van der Waals surface area contributed by atoms with Crippen molar-refractivity contribution in [2.75, 3.05) is 31.6 Å². The Kier molecular flexibility index (Phi) is 5.86. The summed E-state index contributed by atoms with van der Waals surface area (Å²) in [5.74, 6) is 0.0445. The monoisotopic (exact) mass is 356 g/mol. The third kappa shape index (κ3) is 3.72. The van der Waals surface area contributed by atoms with Crippen LogP contribution in [0.3, 0.4) is 0 Å². The summed E-state index contributed by atoms with van der Waals surface area (Å²) < 4.78 is 0. The van der Waals surface area contributed by atoms with Crippen molar-refractivity contribution in [3.05, 3.63) is 35.5 Å². The number of pyridine rings is 1. The van der Waals surface area contributed by atoms with Crippen molar-refractivity contribution in [3.63, 3.8) is 0 Å². The van der Waals surface area contributed by atoms with Gasteiger partial charge in [0.15, 0.2) is 0 Å². The zero-order valence-electron chi connectivity index (χ0n) is 15.9.